The van der Waals surface area contributed by atoms with Crippen molar-refractivity contribution in [2.45, 2.75) is 32.2 Å². The molecule has 1 fully saturated rings. The number of likely N-dealkylation sites (N-methyl/N-ethyl adjacent to an activating group) is 1. The Kier molecular flexibility index (Phi) is 4.14. The van der Waals surface area contributed by atoms with Gasteiger partial charge in [0.2, 0.25) is 0 Å². The van der Waals surface area contributed by atoms with Crippen LogP contribution in [0, 0.1) is 0 Å². The number of carbonyl (C=O) groups excluding carboxylic acids is 1. The van der Waals surface area contributed by atoms with Gasteiger partial charge in [0.1, 0.15) is 5.69 Å². The van der Waals surface area contributed by atoms with Crippen molar-refractivity contribution in [1.82, 2.24) is 20.4 Å². The molecule has 0 aromatic carbocycles. The van der Waals surface area contributed by atoms with Crippen LogP contribution in [0.5, 0.6) is 0 Å². The van der Waals surface area contributed by atoms with E-state index in [9.17, 15) is 4.79 Å². The summed E-state index contributed by atoms with van der Waals surface area (Å²) in [5.41, 5.74) is 0.572. The first-order valence-corrected chi connectivity index (χ1v) is 6.33. The summed E-state index contributed by atoms with van der Waals surface area (Å²) in [6, 6.07) is 2.16. The molecular weight excluding hydrogens is 216 g/mol. The molecule has 0 spiro atoms. The lowest BCUT2D eigenvalue weighted by Gasteiger charge is -2.29. The number of piperidine rings is 1. The fourth-order valence-electron chi connectivity index (χ4n) is 2.25. The summed E-state index contributed by atoms with van der Waals surface area (Å²) in [5, 5.41) is 10.0. The number of aromatic nitrogens is 2. The van der Waals surface area contributed by atoms with Gasteiger partial charge < -0.3 is 10.2 Å². The Morgan fingerprint density at radius 2 is 2.47 bits per heavy atom. The van der Waals surface area contributed by atoms with E-state index in [1.165, 1.54) is 12.8 Å². The molecule has 1 aromatic rings. The number of hydrogen-bond acceptors (Lipinski definition) is 3. The summed E-state index contributed by atoms with van der Waals surface area (Å²) >= 11 is 0. The monoisotopic (exact) mass is 236 g/mol. The molecule has 1 unspecified atom stereocenters. The zero-order chi connectivity index (χ0) is 12.1. The van der Waals surface area contributed by atoms with Crippen molar-refractivity contribution in [3.05, 3.63) is 18.0 Å². The molecule has 1 aliphatic heterocycles. The van der Waals surface area contributed by atoms with Crippen LogP contribution in [0.15, 0.2) is 12.3 Å². The van der Waals surface area contributed by atoms with Crippen LogP contribution in [0.4, 0.5) is 0 Å². The summed E-state index contributed by atoms with van der Waals surface area (Å²) < 4.78 is 0. The molecule has 94 valence electrons. The second kappa shape index (κ2) is 5.82. The van der Waals surface area contributed by atoms with E-state index in [0.29, 0.717) is 11.7 Å². The smallest absolute Gasteiger partial charge is 0.271 e. The number of nitrogens with one attached hydrogen (secondary N) is 2. The van der Waals surface area contributed by atoms with Gasteiger partial charge in [-0.1, -0.05) is 6.42 Å². The van der Waals surface area contributed by atoms with Gasteiger partial charge in [-0.15, -0.1) is 0 Å². The quantitative estimate of drug-likeness (QED) is 0.820. The van der Waals surface area contributed by atoms with Crippen LogP contribution in [0.2, 0.25) is 0 Å². The second-order valence-corrected chi connectivity index (χ2v) is 4.46. The SMILES string of the molecule is CCN(CC1CCCCN1)C(=O)c1ccn[nH]1. The molecule has 0 bridgehead atoms. The van der Waals surface area contributed by atoms with E-state index in [0.717, 1.165) is 26.1 Å². The molecule has 2 N–H and O–H groups in total. The highest BCUT2D eigenvalue weighted by molar-refractivity contribution is 5.92. The van der Waals surface area contributed by atoms with E-state index in [2.05, 4.69) is 15.5 Å². The highest BCUT2D eigenvalue weighted by Crippen LogP contribution is 2.10. The first-order chi connectivity index (χ1) is 8.31. The molecule has 1 atom stereocenters. The first-order valence-electron chi connectivity index (χ1n) is 6.33. The van der Waals surface area contributed by atoms with E-state index >= 15 is 0 Å². The van der Waals surface area contributed by atoms with Crippen LogP contribution < -0.4 is 5.32 Å². The van der Waals surface area contributed by atoms with E-state index in [-0.39, 0.29) is 5.91 Å². The summed E-state index contributed by atoms with van der Waals surface area (Å²) in [4.78, 5) is 14.0. The van der Waals surface area contributed by atoms with Gasteiger partial charge in [0.25, 0.3) is 5.91 Å². The molecular formula is C12H20N4O. The maximum Gasteiger partial charge on any atom is 0.271 e. The zero-order valence-electron chi connectivity index (χ0n) is 10.3. The maximum absolute atomic E-state index is 12.1. The third-order valence-electron chi connectivity index (χ3n) is 3.25. The molecule has 5 heteroatoms. The third kappa shape index (κ3) is 3.06. The van der Waals surface area contributed by atoms with Crippen LogP contribution in [0.1, 0.15) is 36.7 Å². The standard InChI is InChI=1S/C12H20N4O/c1-2-16(9-10-5-3-4-7-13-10)12(17)11-6-8-14-15-11/h6,8,10,13H,2-5,7,9H2,1H3,(H,14,15). The molecule has 1 aromatic heterocycles. The molecule has 1 saturated heterocycles. The molecule has 1 amide bonds. The summed E-state index contributed by atoms with van der Waals surface area (Å²) in [6.45, 7) is 4.60. The third-order valence-corrected chi connectivity index (χ3v) is 3.25. The number of hydrogen-bond donors (Lipinski definition) is 2. The van der Waals surface area contributed by atoms with Gasteiger partial charge in [-0.3, -0.25) is 9.89 Å². The topological polar surface area (TPSA) is 61.0 Å². The molecule has 0 aliphatic carbocycles. The minimum Gasteiger partial charge on any atom is -0.336 e. The van der Waals surface area contributed by atoms with Gasteiger partial charge in [-0.05, 0) is 32.4 Å². The van der Waals surface area contributed by atoms with Crippen molar-refractivity contribution in [3.8, 4) is 0 Å². The largest absolute Gasteiger partial charge is 0.336 e. The van der Waals surface area contributed by atoms with Crippen molar-refractivity contribution < 1.29 is 4.79 Å². The van der Waals surface area contributed by atoms with Crippen molar-refractivity contribution in [3.63, 3.8) is 0 Å². The average Bonchev–Trinajstić information content (AvgIpc) is 2.90. The fourth-order valence-corrected chi connectivity index (χ4v) is 2.25. The Bertz CT molecular complexity index is 343. The molecule has 2 rings (SSSR count). The Morgan fingerprint density at radius 3 is 3.06 bits per heavy atom. The minimum absolute atomic E-state index is 0.0392. The van der Waals surface area contributed by atoms with Crippen LogP contribution in [-0.2, 0) is 0 Å². The van der Waals surface area contributed by atoms with E-state index in [1.807, 2.05) is 11.8 Å². The van der Waals surface area contributed by atoms with Gasteiger partial charge in [0, 0.05) is 25.3 Å². The van der Waals surface area contributed by atoms with Gasteiger partial charge in [0.15, 0.2) is 0 Å². The highest BCUT2D eigenvalue weighted by Gasteiger charge is 2.20. The first kappa shape index (κ1) is 12.1. The van der Waals surface area contributed by atoms with Crippen LogP contribution in [-0.4, -0.2) is 46.7 Å². The van der Waals surface area contributed by atoms with Crippen LogP contribution in [0.25, 0.3) is 0 Å². The molecule has 17 heavy (non-hydrogen) atoms. The van der Waals surface area contributed by atoms with E-state index < -0.39 is 0 Å². The summed E-state index contributed by atoms with van der Waals surface area (Å²) in [5.74, 6) is 0.0392. The predicted molar refractivity (Wildman–Crippen MR) is 65.8 cm³/mol. The number of rotatable bonds is 4. The van der Waals surface area contributed by atoms with Gasteiger partial charge in [-0.2, -0.15) is 5.10 Å². The Balaban J connectivity index is 1.93. The molecule has 1 aliphatic rings. The minimum atomic E-state index is 0.0392. The van der Waals surface area contributed by atoms with Gasteiger partial charge >= 0.3 is 0 Å². The van der Waals surface area contributed by atoms with Crippen LogP contribution in [0.3, 0.4) is 0 Å². The number of amides is 1. The zero-order valence-corrected chi connectivity index (χ0v) is 10.3. The fraction of sp³-hybridized carbons (Fsp3) is 0.667. The molecule has 2 heterocycles. The lowest BCUT2D eigenvalue weighted by molar-refractivity contribution is 0.0735. The number of carbonyl (C=O) groups is 1. The maximum atomic E-state index is 12.1. The van der Waals surface area contributed by atoms with E-state index in [4.69, 9.17) is 0 Å². The van der Waals surface area contributed by atoms with Crippen molar-refractivity contribution in [1.29, 1.82) is 0 Å². The number of H-pyrrole nitrogens is 1. The highest BCUT2D eigenvalue weighted by atomic mass is 16.2. The normalized spacial score (nSPS) is 20.2. The molecule has 0 radical (unpaired) electrons. The molecule has 5 nitrogen and oxygen atoms in total. The van der Waals surface area contributed by atoms with Gasteiger partial charge in [-0.25, -0.2) is 0 Å². The van der Waals surface area contributed by atoms with Crippen LogP contribution >= 0.6 is 0 Å². The Morgan fingerprint density at radius 1 is 1.59 bits per heavy atom. The Labute approximate surface area is 102 Å². The molecule has 0 saturated carbocycles. The number of aromatic amines is 1. The summed E-state index contributed by atoms with van der Waals surface area (Å²) in [6.07, 6.45) is 5.28. The van der Waals surface area contributed by atoms with Crippen molar-refractivity contribution in [2.24, 2.45) is 0 Å². The predicted octanol–water partition coefficient (Wildman–Crippen LogP) is 1.01. The van der Waals surface area contributed by atoms with Crippen molar-refractivity contribution in [2.75, 3.05) is 19.6 Å². The van der Waals surface area contributed by atoms with Gasteiger partial charge in [0.05, 0.1) is 0 Å². The lowest BCUT2D eigenvalue weighted by atomic mass is 10.0. The van der Waals surface area contributed by atoms with Crippen molar-refractivity contribution >= 4 is 5.91 Å². The summed E-state index contributed by atoms with van der Waals surface area (Å²) in [7, 11) is 0. The lowest BCUT2D eigenvalue weighted by Crippen LogP contribution is -2.45. The second-order valence-electron chi connectivity index (χ2n) is 4.46. The number of nitrogens with zero attached hydrogens (tertiary/aromatic N) is 2. The van der Waals surface area contributed by atoms with E-state index in [1.54, 1.807) is 12.3 Å². The Hall–Kier alpha value is -1.36. The average molecular weight is 236 g/mol.